The summed E-state index contributed by atoms with van der Waals surface area (Å²) in [6.45, 7) is 3.20. The van der Waals surface area contributed by atoms with Crippen molar-refractivity contribution in [1.82, 2.24) is 0 Å². The summed E-state index contributed by atoms with van der Waals surface area (Å²) in [5, 5.41) is 7.42. The summed E-state index contributed by atoms with van der Waals surface area (Å²) in [6.07, 6.45) is 5.83. The third-order valence-electron chi connectivity index (χ3n) is 0.882. The van der Waals surface area contributed by atoms with E-state index in [0.29, 0.717) is 6.42 Å². The molecule has 3 nitrogen and oxygen atoms in total. The molecule has 0 rings (SSSR count). The van der Waals surface area contributed by atoms with Gasteiger partial charge in [0.1, 0.15) is 0 Å². The van der Waals surface area contributed by atoms with E-state index >= 15 is 0 Å². The van der Waals surface area contributed by atoms with Crippen LogP contribution >= 0.6 is 0 Å². The van der Waals surface area contributed by atoms with E-state index in [1.807, 2.05) is 6.29 Å². The van der Waals surface area contributed by atoms with Gasteiger partial charge >= 0.3 is 0 Å². The van der Waals surface area contributed by atoms with E-state index in [1.165, 1.54) is 6.42 Å². The summed E-state index contributed by atoms with van der Waals surface area (Å²) in [5.41, 5.74) is 0. The van der Waals surface area contributed by atoms with E-state index in [4.69, 9.17) is 9.90 Å². The molecule has 0 aromatic rings. The van der Waals surface area contributed by atoms with Crippen molar-refractivity contribution in [2.45, 2.75) is 39.5 Å². The summed E-state index contributed by atoms with van der Waals surface area (Å²) in [6, 6.07) is 0. The molecule has 0 amide bonds. The fourth-order valence-electron chi connectivity index (χ4n) is 0.447. The van der Waals surface area contributed by atoms with Gasteiger partial charge in [0.15, 0.2) is 0 Å². The number of aliphatic carboxylic acids is 1. The van der Waals surface area contributed by atoms with E-state index in [1.54, 1.807) is 0 Å². The molecule has 0 saturated heterocycles. The summed E-state index contributed by atoms with van der Waals surface area (Å²) < 4.78 is 0. The fourth-order valence-corrected chi connectivity index (χ4v) is 0.447. The zero-order valence-corrected chi connectivity index (χ0v) is 8.78. The molecule has 0 heterocycles. The minimum atomic E-state index is -0.833. The Morgan fingerprint density at radius 2 is 1.83 bits per heavy atom. The molecule has 0 fully saturated rings. The molecule has 72 valence electrons. The van der Waals surface area contributed by atoms with Crippen LogP contribution in [0.2, 0.25) is 0 Å². The van der Waals surface area contributed by atoms with Crippen LogP contribution in [-0.2, 0) is 27.0 Å². The first kappa shape index (κ1) is 17.7. The Balaban J connectivity index is -0.000000142. The van der Waals surface area contributed by atoms with E-state index in [9.17, 15) is 4.79 Å². The quantitative estimate of drug-likeness (QED) is 0.569. The molecule has 0 atom stereocenters. The van der Waals surface area contributed by atoms with Crippen LogP contribution < -0.4 is 0 Å². The van der Waals surface area contributed by atoms with Crippen molar-refractivity contribution in [2.24, 2.45) is 0 Å². The number of carbonyl (C=O) groups excluding carboxylic acids is 1. The van der Waals surface area contributed by atoms with E-state index in [-0.39, 0.29) is 17.4 Å². The van der Waals surface area contributed by atoms with Gasteiger partial charge < -0.3 is 9.90 Å². The number of rotatable bonds is 4. The Labute approximate surface area is 84.3 Å². The van der Waals surface area contributed by atoms with E-state index in [2.05, 4.69) is 6.92 Å². The second-order valence-electron chi connectivity index (χ2n) is 2.12. The molecule has 0 saturated carbocycles. The minimum Gasteiger partial charge on any atom is -0.542 e. The molecular formula is C8H15CrO3-. The molecule has 12 heavy (non-hydrogen) atoms. The van der Waals surface area contributed by atoms with Crippen molar-refractivity contribution >= 4 is 12.3 Å². The van der Waals surface area contributed by atoms with Crippen molar-refractivity contribution in [1.29, 1.82) is 0 Å². The zero-order chi connectivity index (χ0) is 9.11. The van der Waals surface area contributed by atoms with Gasteiger partial charge in [-0.15, -0.1) is 0 Å². The van der Waals surface area contributed by atoms with Crippen LogP contribution in [0.4, 0.5) is 0 Å². The van der Waals surface area contributed by atoms with Gasteiger partial charge in [0.05, 0.1) is 0 Å². The first-order chi connectivity index (χ1) is 5.15. The number of hydrogen-bond donors (Lipinski definition) is 1. The summed E-state index contributed by atoms with van der Waals surface area (Å²) >= 11 is 0. The molecule has 0 aromatic carbocycles. The maximum absolute atomic E-state index is 9.55. The van der Waals surface area contributed by atoms with Crippen LogP contribution in [0.15, 0.2) is 0 Å². The van der Waals surface area contributed by atoms with Crippen molar-refractivity contribution in [2.75, 3.05) is 0 Å². The first-order valence-corrected chi connectivity index (χ1v) is 3.69. The average Bonchev–Trinajstić information content (AvgIpc) is 1.88. The van der Waals surface area contributed by atoms with Crippen molar-refractivity contribution < 1.29 is 32.1 Å². The Hall–Kier alpha value is -0.328. The van der Waals surface area contributed by atoms with E-state index < -0.39 is 5.97 Å². The van der Waals surface area contributed by atoms with Crippen molar-refractivity contribution in [3.05, 3.63) is 0 Å². The molecule has 0 radical (unpaired) electrons. The molecule has 0 spiro atoms. The molecule has 0 aliphatic rings. The Morgan fingerprint density at radius 1 is 1.42 bits per heavy atom. The molecule has 0 bridgehead atoms. The third-order valence-corrected chi connectivity index (χ3v) is 0.882. The molecule has 0 aromatic heterocycles. The normalized spacial score (nSPS) is 7.17. The van der Waals surface area contributed by atoms with Crippen LogP contribution in [0.5, 0.6) is 0 Å². The standard InChI is InChI=1S/C6H11O.C2H4O2.Cr/c1-2-3-4-5-6-7;1-2(3)4;/h2-5H2,1H3;1H3,(H,3,4);/q-1;;. The third kappa shape index (κ3) is 53.9. The van der Waals surface area contributed by atoms with Gasteiger partial charge in [-0.3, -0.25) is 11.1 Å². The Morgan fingerprint density at radius 3 is 2.08 bits per heavy atom. The van der Waals surface area contributed by atoms with Crippen LogP contribution in [0.25, 0.3) is 0 Å². The van der Waals surface area contributed by atoms with Gasteiger partial charge in [-0.2, -0.15) is 6.42 Å². The molecule has 0 aliphatic carbocycles. The summed E-state index contributed by atoms with van der Waals surface area (Å²) in [7, 11) is 0. The Bertz CT molecular complexity index is 100. The molecule has 1 N–H and O–H groups in total. The van der Waals surface area contributed by atoms with Gasteiger partial charge in [0, 0.05) is 24.3 Å². The van der Waals surface area contributed by atoms with Gasteiger partial charge in [-0.1, -0.05) is 26.2 Å². The largest absolute Gasteiger partial charge is 0.542 e. The predicted molar refractivity (Wildman–Crippen MR) is 43.1 cm³/mol. The van der Waals surface area contributed by atoms with Crippen molar-refractivity contribution in [3.8, 4) is 0 Å². The SMILES string of the molecule is CC(=O)O.CCCCC[C-]=O.[Cr]. The monoisotopic (exact) mass is 211 g/mol. The fraction of sp³-hybridized carbons (Fsp3) is 0.750. The van der Waals surface area contributed by atoms with Gasteiger partial charge in [0.2, 0.25) is 0 Å². The van der Waals surface area contributed by atoms with Crippen LogP contribution in [0.1, 0.15) is 39.5 Å². The average molecular weight is 211 g/mol. The second-order valence-corrected chi connectivity index (χ2v) is 2.12. The van der Waals surface area contributed by atoms with Gasteiger partial charge in [-0.05, 0) is 0 Å². The Kier molecular flexibility index (Phi) is 25.0. The van der Waals surface area contributed by atoms with Gasteiger partial charge in [-0.25, -0.2) is 0 Å². The predicted octanol–water partition coefficient (Wildman–Crippen LogP) is 1.76. The number of hydrogen-bond acceptors (Lipinski definition) is 2. The number of unbranched alkanes of at least 4 members (excludes halogenated alkanes) is 3. The summed E-state index contributed by atoms with van der Waals surface area (Å²) in [4.78, 5) is 18.6. The topological polar surface area (TPSA) is 54.4 Å². The second kappa shape index (κ2) is 17.0. The first-order valence-electron chi connectivity index (χ1n) is 3.69. The van der Waals surface area contributed by atoms with E-state index in [0.717, 1.165) is 19.8 Å². The van der Waals surface area contributed by atoms with Crippen LogP contribution in [0, 0.1) is 0 Å². The summed E-state index contributed by atoms with van der Waals surface area (Å²) in [5.74, 6) is -0.833. The number of carbonyl (C=O) groups is 1. The maximum Gasteiger partial charge on any atom is 0.300 e. The van der Waals surface area contributed by atoms with Crippen molar-refractivity contribution in [3.63, 3.8) is 0 Å². The maximum atomic E-state index is 9.55. The van der Waals surface area contributed by atoms with Crippen LogP contribution in [-0.4, -0.2) is 17.4 Å². The zero-order valence-electron chi connectivity index (χ0n) is 7.50. The minimum absolute atomic E-state index is 0. The smallest absolute Gasteiger partial charge is 0.300 e. The molecule has 4 heteroatoms. The number of carboxylic acid groups (broad SMARTS) is 1. The molecule has 0 aliphatic heterocycles. The van der Waals surface area contributed by atoms with Crippen LogP contribution in [0.3, 0.4) is 0 Å². The molecule has 0 unspecified atom stereocenters. The molecular weight excluding hydrogens is 196 g/mol. The van der Waals surface area contributed by atoms with Gasteiger partial charge in [0.25, 0.3) is 5.97 Å². The number of carboxylic acids is 1.